The highest BCUT2D eigenvalue weighted by Crippen LogP contribution is 2.29. The fourth-order valence-electron chi connectivity index (χ4n) is 3.43. The molecule has 36 heavy (non-hydrogen) atoms. The maximum Gasteiger partial charge on any atom is 0.271 e. The first kappa shape index (κ1) is 24.5. The fourth-order valence-corrected chi connectivity index (χ4v) is 3.43. The van der Waals surface area contributed by atoms with Gasteiger partial charge in [0.15, 0.2) is 11.5 Å². The number of nitrogens with one attached hydrogen (secondary N) is 1. The second-order valence-electron chi connectivity index (χ2n) is 7.91. The Morgan fingerprint density at radius 3 is 2.14 bits per heavy atom. The van der Waals surface area contributed by atoms with Crippen LogP contribution in [-0.2, 0) is 13.2 Å². The second-order valence-corrected chi connectivity index (χ2v) is 7.91. The number of hydrazone groups is 1. The van der Waals surface area contributed by atoms with Gasteiger partial charge in [-0.1, -0.05) is 72.8 Å². The van der Waals surface area contributed by atoms with Crippen LogP contribution in [0, 0.1) is 0 Å². The summed E-state index contributed by atoms with van der Waals surface area (Å²) in [4.78, 5) is 12.7. The van der Waals surface area contributed by atoms with E-state index in [-0.39, 0.29) is 5.91 Å². The molecule has 0 aliphatic rings. The number of ether oxygens (including phenoxy) is 3. The van der Waals surface area contributed by atoms with Crippen LogP contribution in [0.5, 0.6) is 17.2 Å². The summed E-state index contributed by atoms with van der Waals surface area (Å²) in [5, 5.41) is 4.10. The van der Waals surface area contributed by atoms with Crippen molar-refractivity contribution in [2.45, 2.75) is 20.1 Å². The lowest BCUT2D eigenvalue weighted by Crippen LogP contribution is -2.17. The van der Waals surface area contributed by atoms with Crippen molar-refractivity contribution in [3.05, 3.63) is 125 Å². The van der Waals surface area contributed by atoms with Crippen molar-refractivity contribution in [2.24, 2.45) is 5.10 Å². The Hall–Kier alpha value is -4.58. The van der Waals surface area contributed by atoms with Gasteiger partial charge in [-0.15, -0.1) is 0 Å². The summed E-state index contributed by atoms with van der Waals surface area (Å²) in [5.74, 6) is 1.46. The Kier molecular flexibility index (Phi) is 8.70. The first-order valence-electron chi connectivity index (χ1n) is 11.7. The third-order valence-electron chi connectivity index (χ3n) is 5.23. The third kappa shape index (κ3) is 7.21. The van der Waals surface area contributed by atoms with E-state index < -0.39 is 0 Å². The topological polar surface area (TPSA) is 69.2 Å². The predicted molar refractivity (Wildman–Crippen MR) is 141 cm³/mol. The van der Waals surface area contributed by atoms with Gasteiger partial charge in [0.25, 0.3) is 5.91 Å². The SMILES string of the molecule is CCOc1cc(C(=O)N/N=C/c2cccc(OCc3ccccc3)c2)ccc1OCc1ccccc1. The highest BCUT2D eigenvalue weighted by molar-refractivity contribution is 5.95. The minimum atomic E-state index is -0.349. The molecule has 0 aromatic heterocycles. The molecule has 0 saturated carbocycles. The van der Waals surface area contributed by atoms with E-state index in [1.54, 1.807) is 24.4 Å². The lowest BCUT2D eigenvalue weighted by Gasteiger charge is -2.13. The molecule has 0 radical (unpaired) electrons. The molecule has 0 aliphatic carbocycles. The van der Waals surface area contributed by atoms with Crippen LogP contribution in [-0.4, -0.2) is 18.7 Å². The van der Waals surface area contributed by atoms with E-state index in [9.17, 15) is 4.79 Å². The minimum Gasteiger partial charge on any atom is -0.490 e. The molecule has 1 amide bonds. The Labute approximate surface area is 211 Å². The second kappa shape index (κ2) is 12.8. The van der Waals surface area contributed by atoms with Crippen LogP contribution in [0.4, 0.5) is 0 Å². The lowest BCUT2D eigenvalue weighted by atomic mass is 10.2. The van der Waals surface area contributed by atoms with Crippen molar-refractivity contribution in [3.8, 4) is 17.2 Å². The standard InChI is InChI=1S/C30H28N2O4/c1-2-34-29-19-26(16-17-28(29)36-22-24-12-7-4-8-13-24)30(33)32-31-20-25-14-9-15-27(18-25)35-21-23-10-5-3-6-11-23/h3-20H,2,21-22H2,1H3,(H,32,33)/b31-20+. The van der Waals surface area contributed by atoms with E-state index in [2.05, 4.69) is 10.5 Å². The molecule has 0 saturated heterocycles. The van der Waals surface area contributed by atoms with Gasteiger partial charge in [-0.2, -0.15) is 5.10 Å². The molecular weight excluding hydrogens is 452 g/mol. The van der Waals surface area contributed by atoms with Gasteiger partial charge in [-0.3, -0.25) is 4.79 Å². The van der Waals surface area contributed by atoms with Crippen molar-refractivity contribution in [1.82, 2.24) is 5.43 Å². The summed E-state index contributed by atoms with van der Waals surface area (Å²) in [7, 11) is 0. The smallest absolute Gasteiger partial charge is 0.271 e. The maximum atomic E-state index is 12.7. The van der Waals surface area contributed by atoms with Crippen LogP contribution in [0.1, 0.15) is 34.0 Å². The molecule has 1 N–H and O–H groups in total. The van der Waals surface area contributed by atoms with Gasteiger partial charge in [0, 0.05) is 5.56 Å². The molecule has 0 fully saturated rings. The quantitative estimate of drug-likeness (QED) is 0.211. The van der Waals surface area contributed by atoms with Gasteiger partial charge in [0.1, 0.15) is 19.0 Å². The number of carbonyl (C=O) groups is 1. The molecule has 6 heteroatoms. The minimum absolute atomic E-state index is 0.349. The average Bonchev–Trinajstić information content (AvgIpc) is 2.93. The maximum absolute atomic E-state index is 12.7. The summed E-state index contributed by atoms with van der Waals surface area (Å²) < 4.78 is 17.5. The Morgan fingerprint density at radius 1 is 0.750 bits per heavy atom. The summed E-state index contributed by atoms with van der Waals surface area (Å²) in [6.45, 7) is 3.22. The van der Waals surface area contributed by atoms with E-state index in [1.807, 2.05) is 91.9 Å². The van der Waals surface area contributed by atoms with Crippen LogP contribution in [0.25, 0.3) is 0 Å². The number of nitrogens with zero attached hydrogens (tertiary/aromatic N) is 1. The van der Waals surface area contributed by atoms with Crippen LogP contribution < -0.4 is 19.6 Å². The number of hydrogen-bond acceptors (Lipinski definition) is 5. The largest absolute Gasteiger partial charge is 0.490 e. The predicted octanol–water partition coefficient (Wildman–Crippen LogP) is 6.01. The molecule has 0 aliphatic heterocycles. The van der Waals surface area contributed by atoms with E-state index in [0.29, 0.717) is 36.9 Å². The molecule has 4 rings (SSSR count). The third-order valence-corrected chi connectivity index (χ3v) is 5.23. The van der Waals surface area contributed by atoms with Crippen molar-refractivity contribution in [3.63, 3.8) is 0 Å². The first-order chi connectivity index (χ1) is 17.7. The van der Waals surface area contributed by atoms with E-state index in [4.69, 9.17) is 14.2 Å². The van der Waals surface area contributed by atoms with E-state index in [1.165, 1.54) is 0 Å². The van der Waals surface area contributed by atoms with Gasteiger partial charge in [-0.05, 0) is 53.9 Å². The average molecular weight is 481 g/mol. The number of hydrogen-bond donors (Lipinski definition) is 1. The van der Waals surface area contributed by atoms with E-state index in [0.717, 1.165) is 22.4 Å². The molecule has 4 aromatic carbocycles. The molecule has 6 nitrogen and oxygen atoms in total. The molecule has 182 valence electrons. The fraction of sp³-hybridized carbons (Fsp3) is 0.133. The Bertz CT molecular complexity index is 1290. The van der Waals surface area contributed by atoms with Gasteiger partial charge < -0.3 is 14.2 Å². The molecular formula is C30H28N2O4. The Morgan fingerprint density at radius 2 is 1.44 bits per heavy atom. The van der Waals surface area contributed by atoms with Crippen molar-refractivity contribution >= 4 is 12.1 Å². The monoisotopic (exact) mass is 480 g/mol. The summed E-state index contributed by atoms with van der Waals surface area (Å²) in [5.41, 5.74) is 5.93. The first-order valence-corrected chi connectivity index (χ1v) is 11.7. The summed E-state index contributed by atoms with van der Waals surface area (Å²) in [6.07, 6.45) is 1.58. The van der Waals surface area contributed by atoms with Crippen molar-refractivity contribution in [2.75, 3.05) is 6.61 Å². The molecule has 0 bridgehead atoms. The molecule has 0 unspecified atom stereocenters. The zero-order valence-electron chi connectivity index (χ0n) is 20.1. The van der Waals surface area contributed by atoms with Crippen molar-refractivity contribution in [1.29, 1.82) is 0 Å². The van der Waals surface area contributed by atoms with Gasteiger partial charge in [0.2, 0.25) is 0 Å². The number of benzene rings is 4. The van der Waals surface area contributed by atoms with Crippen LogP contribution in [0.2, 0.25) is 0 Å². The highest BCUT2D eigenvalue weighted by atomic mass is 16.5. The number of amides is 1. The molecule has 0 atom stereocenters. The van der Waals surface area contributed by atoms with Gasteiger partial charge >= 0.3 is 0 Å². The summed E-state index contributed by atoms with van der Waals surface area (Å²) in [6, 6.07) is 32.4. The van der Waals surface area contributed by atoms with Crippen LogP contribution >= 0.6 is 0 Å². The zero-order chi connectivity index (χ0) is 25.0. The molecule has 4 aromatic rings. The van der Waals surface area contributed by atoms with Crippen molar-refractivity contribution < 1.29 is 19.0 Å². The summed E-state index contributed by atoms with van der Waals surface area (Å²) >= 11 is 0. The normalized spacial score (nSPS) is 10.7. The molecule has 0 heterocycles. The highest BCUT2D eigenvalue weighted by Gasteiger charge is 2.12. The van der Waals surface area contributed by atoms with Gasteiger partial charge in [-0.25, -0.2) is 5.43 Å². The van der Waals surface area contributed by atoms with Gasteiger partial charge in [0.05, 0.1) is 12.8 Å². The van der Waals surface area contributed by atoms with Crippen LogP contribution in [0.3, 0.4) is 0 Å². The Balaban J connectivity index is 1.35. The lowest BCUT2D eigenvalue weighted by molar-refractivity contribution is 0.0954. The number of rotatable bonds is 11. The molecule has 0 spiro atoms. The van der Waals surface area contributed by atoms with E-state index >= 15 is 0 Å². The zero-order valence-corrected chi connectivity index (χ0v) is 20.1. The van der Waals surface area contributed by atoms with Crippen LogP contribution in [0.15, 0.2) is 108 Å². The number of carbonyl (C=O) groups excluding carboxylic acids is 1.